The quantitative estimate of drug-likeness (QED) is 0.187. The maximum absolute atomic E-state index is 5.44. The lowest BCUT2D eigenvalue weighted by Crippen LogP contribution is -2.04. The predicted molar refractivity (Wildman–Crippen MR) is 214 cm³/mol. The second-order valence-corrected chi connectivity index (χ2v) is 14.1. The van der Waals surface area contributed by atoms with Crippen molar-refractivity contribution < 1.29 is 0 Å². The molecule has 0 unspecified atom stereocenters. The van der Waals surface area contributed by atoms with E-state index in [1.165, 1.54) is 52.8 Å². The zero-order valence-electron chi connectivity index (χ0n) is 27.4. The maximum Gasteiger partial charge on any atom is 0.235 e. The highest BCUT2D eigenvalue weighted by Gasteiger charge is 2.21. The van der Waals surface area contributed by atoms with E-state index in [9.17, 15) is 0 Å². The van der Waals surface area contributed by atoms with Crippen molar-refractivity contribution in [2.75, 3.05) is 0 Å². The lowest BCUT2D eigenvalue weighted by molar-refractivity contribution is 0.997. The Bertz CT molecular complexity index is 3130. The average Bonchev–Trinajstić information content (AvgIpc) is 3.85. The Morgan fingerprint density at radius 1 is 0.392 bits per heavy atom. The van der Waals surface area contributed by atoms with Crippen molar-refractivity contribution in [1.29, 1.82) is 0 Å². The van der Waals surface area contributed by atoms with Crippen LogP contribution in [0.3, 0.4) is 0 Å². The van der Waals surface area contributed by atoms with Crippen molar-refractivity contribution in [3.05, 3.63) is 170 Å². The first-order valence-electron chi connectivity index (χ1n) is 17.2. The average molecular weight is 669 g/mol. The first-order chi connectivity index (χ1) is 25.3. The molecule has 4 nitrogen and oxygen atoms in total. The summed E-state index contributed by atoms with van der Waals surface area (Å²) < 4.78 is 7.16. The number of para-hydroxylation sites is 3. The highest BCUT2D eigenvalue weighted by Crippen LogP contribution is 2.42. The molecule has 0 aliphatic carbocycles. The van der Waals surface area contributed by atoms with E-state index >= 15 is 0 Å². The summed E-state index contributed by atoms with van der Waals surface area (Å²) in [6.45, 7) is 0. The minimum absolute atomic E-state index is 0.654. The number of fused-ring (bicyclic) bond motifs is 9. The molecule has 0 saturated heterocycles. The van der Waals surface area contributed by atoms with E-state index in [4.69, 9.17) is 9.97 Å². The molecule has 0 fully saturated rings. The molecular formula is C46H28N4S. The molecule has 238 valence electrons. The molecule has 4 heterocycles. The van der Waals surface area contributed by atoms with Gasteiger partial charge < -0.3 is 4.57 Å². The van der Waals surface area contributed by atoms with Crippen LogP contribution in [-0.2, 0) is 0 Å². The van der Waals surface area contributed by atoms with Gasteiger partial charge in [-0.25, -0.2) is 9.97 Å². The van der Waals surface area contributed by atoms with Gasteiger partial charge in [-0.3, -0.25) is 4.57 Å². The van der Waals surface area contributed by atoms with E-state index in [1.54, 1.807) is 0 Å². The van der Waals surface area contributed by atoms with Gasteiger partial charge in [0.15, 0.2) is 0 Å². The lowest BCUT2D eigenvalue weighted by Gasteiger charge is -2.12. The van der Waals surface area contributed by atoms with E-state index in [2.05, 4.69) is 179 Å². The number of aromatic nitrogens is 4. The van der Waals surface area contributed by atoms with Crippen LogP contribution >= 0.6 is 11.3 Å². The van der Waals surface area contributed by atoms with E-state index < -0.39 is 0 Å². The van der Waals surface area contributed by atoms with Gasteiger partial charge in [0.05, 0.1) is 33.5 Å². The molecule has 0 bridgehead atoms. The zero-order chi connectivity index (χ0) is 33.5. The summed E-state index contributed by atoms with van der Waals surface area (Å²) in [5, 5.41) is 7.27. The highest BCUT2D eigenvalue weighted by atomic mass is 32.1. The van der Waals surface area contributed by atoms with Crippen LogP contribution in [0.25, 0.3) is 97.9 Å². The fraction of sp³-hybridized carbons (Fsp3) is 0. The van der Waals surface area contributed by atoms with Gasteiger partial charge in [-0.15, -0.1) is 11.3 Å². The topological polar surface area (TPSA) is 35.6 Å². The van der Waals surface area contributed by atoms with Crippen molar-refractivity contribution in [2.24, 2.45) is 0 Å². The van der Waals surface area contributed by atoms with Gasteiger partial charge in [0.25, 0.3) is 0 Å². The molecule has 0 atom stereocenters. The van der Waals surface area contributed by atoms with Crippen LogP contribution in [0.2, 0.25) is 0 Å². The van der Waals surface area contributed by atoms with Gasteiger partial charge in [-0.1, -0.05) is 121 Å². The highest BCUT2D eigenvalue weighted by molar-refractivity contribution is 7.26. The molecule has 0 amide bonds. The summed E-state index contributed by atoms with van der Waals surface area (Å²) in [5.74, 6) is 0.654. The van der Waals surface area contributed by atoms with Crippen LogP contribution in [0, 0.1) is 0 Å². The van der Waals surface area contributed by atoms with Gasteiger partial charge in [0, 0.05) is 58.5 Å². The molecule has 0 radical (unpaired) electrons. The fourth-order valence-electron chi connectivity index (χ4n) is 7.88. The molecule has 0 saturated carbocycles. The fourth-order valence-corrected chi connectivity index (χ4v) is 9.10. The third-order valence-electron chi connectivity index (χ3n) is 10.1. The van der Waals surface area contributed by atoms with E-state index in [1.807, 2.05) is 11.3 Å². The Balaban J connectivity index is 1.24. The normalized spacial score (nSPS) is 11.9. The van der Waals surface area contributed by atoms with Crippen molar-refractivity contribution in [3.63, 3.8) is 0 Å². The number of rotatable bonds is 4. The Kier molecular flexibility index (Phi) is 6.09. The van der Waals surface area contributed by atoms with Crippen molar-refractivity contribution in [1.82, 2.24) is 19.1 Å². The lowest BCUT2D eigenvalue weighted by atomic mass is 10.0. The Hall–Kier alpha value is -6.56. The van der Waals surface area contributed by atoms with Crippen molar-refractivity contribution in [3.8, 4) is 34.2 Å². The largest absolute Gasteiger partial charge is 0.309 e. The van der Waals surface area contributed by atoms with Crippen LogP contribution in [0.1, 0.15) is 0 Å². The van der Waals surface area contributed by atoms with Gasteiger partial charge in [0.2, 0.25) is 5.95 Å². The molecule has 0 aliphatic rings. The third-order valence-corrected chi connectivity index (χ3v) is 11.4. The summed E-state index contributed by atoms with van der Waals surface area (Å²) in [6.07, 6.45) is 0. The van der Waals surface area contributed by atoms with Gasteiger partial charge in [-0.05, 0) is 48.5 Å². The summed E-state index contributed by atoms with van der Waals surface area (Å²) in [7, 11) is 0. The third kappa shape index (κ3) is 4.25. The van der Waals surface area contributed by atoms with E-state index in [0.29, 0.717) is 5.95 Å². The van der Waals surface area contributed by atoms with Gasteiger partial charge >= 0.3 is 0 Å². The maximum atomic E-state index is 5.44. The van der Waals surface area contributed by atoms with Gasteiger partial charge in [-0.2, -0.15) is 0 Å². The smallest absolute Gasteiger partial charge is 0.235 e. The monoisotopic (exact) mass is 668 g/mol. The minimum Gasteiger partial charge on any atom is -0.309 e. The Labute approximate surface area is 297 Å². The number of hydrogen-bond acceptors (Lipinski definition) is 3. The predicted octanol–water partition coefficient (Wildman–Crippen LogP) is 12.4. The molecule has 0 spiro atoms. The van der Waals surface area contributed by atoms with Crippen LogP contribution in [-0.4, -0.2) is 19.1 Å². The molecule has 0 aliphatic heterocycles. The summed E-state index contributed by atoms with van der Waals surface area (Å²) >= 11 is 1.83. The minimum atomic E-state index is 0.654. The van der Waals surface area contributed by atoms with Gasteiger partial charge in [0.1, 0.15) is 0 Å². The molecule has 11 rings (SSSR count). The van der Waals surface area contributed by atoms with Crippen LogP contribution in [0.4, 0.5) is 0 Å². The Morgan fingerprint density at radius 2 is 0.961 bits per heavy atom. The number of hydrogen-bond donors (Lipinski definition) is 0. The summed E-state index contributed by atoms with van der Waals surface area (Å²) in [6, 6.07) is 60.5. The summed E-state index contributed by atoms with van der Waals surface area (Å²) in [5.41, 5.74) is 9.62. The van der Waals surface area contributed by atoms with Crippen LogP contribution < -0.4 is 0 Å². The zero-order valence-corrected chi connectivity index (χ0v) is 28.2. The van der Waals surface area contributed by atoms with Crippen LogP contribution in [0.15, 0.2) is 170 Å². The Morgan fingerprint density at radius 3 is 1.71 bits per heavy atom. The first kappa shape index (κ1) is 28.3. The SMILES string of the molecule is c1ccc(-c2cc(-c3cccc4c3sc3ccccc34)nc(-n3c4ccccc4c4cc5c(cc43)c3ccccc3n5-c3ccccc3)n2)cc1. The van der Waals surface area contributed by atoms with E-state index in [-0.39, 0.29) is 0 Å². The molecule has 0 N–H and O–H groups in total. The molecule has 4 aromatic heterocycles. The first-order valence-corrected chi connectivity index (χ1v) is 18.0. The standard InChI is InChI=1S/C46H28N4S/c1-3-14-29(15-4-1)38-28-39(35-22-13-21-34-33-20-9-12-25-44(33)51-45(34)35)48-46(47-38)50-41-24-11-8-19-32(41)37-26-42-36(27-43(37)50)31-18-7-10-23-40(31)49(42)30-16-5-2-6-17-30/h1-28H. The number of thiophene rings is 1. The van der Waals surface area contributed by atoms with E-state index in [0.717, 1.165) is 39.2 Å². The molecule has 7 aromatic carbocycles. The number of nitrogens with zero attached hydrogens (tertiary/aromatic N) is 4. The molecule has 5 heteroatoms. The summed E-state index contributed by atoms with van der Waals surface area (Å²) in [4.78, 5) is 10.8. The molecule has 51 heavy (non-hydrogen) atoms. The van der Waals surface area contributed by atoms with Crippen molar-refractivity contribution in [2.45, 2.75) is 0 Å². The molecule has 11 aromatic rings. The van der Waals surface area contributed by atoms with Crippen molar-refractivity contribution >= 4 is 75.1 Å². The second kappa shape index (κ2) is 11.0. The number of benzene rings is 7. The van der Waals surface area contributed by atoms with Crippen LogP contribution in [0.5, 0.6) is 0 Å². The molecular weight excluding hydrogens is 641 g/mol. The second-order valence-electron chi connectivity index (χ2n) is 13.0.